The van der Waals surface area contributed by atoms with E-state index in [-0.39, 0.29) is 35.3 Å². The minimum atomic E-state index is -4.73. The van der Waals surface area contributed by atoms with Crippen molar-refractivity contribution in [1.82, 2.24) is 20.4 Å². The summed E-state index contributed by atoms with van der Waals surface area (Å²) in [5.41, 5.74) is 1.47. The minimum Gasteiger partial charge on any atom is -0.352 e. The first-order valence-corrected chi connectivity index (χ1v) is 9.36. The van der Waals surface area contributed by atoms with Gasteiger partial charge >= 0.3 is 12.1 Å². The number of amides is 2. The van der Waals surface area contributed by atoms with Gasteiger partial charge in [-0.1, -0.05) is 30.1 Å². The zero-order chi connectivity index (χ0) is 20.8. The summed E-state index contributed by atoms with van der Waals surface area (Å²) in [6.45, 7) is 1.86. The van der Waals surface area contributed by atoms with Crippen molar-refractivity contribution in [2.75, 3.05) is 0 Å². The molecule has 0 bridgehead atoms. The lowest BCUT2D eigenvalue weighted by Crippen LogP contribution is -2.53. The van der Waals surface area contributed by atoms with Crippen molar-refractivity contribution in [2.45, 2.75) is 57.4 Å². The molecular formula is C19H19F3N4O3. The Morgan fingerprint density at radius 3 is 2.72 bits per heavy atom. The van der Waals surface area contributed by atoms with Crippen LogP contribution in [0.2, 0.25) is 0 Å². The summed E-state index contributed by atoms with van der Waals surface area (Å²) in [7, 11) is 0. The zero-order valence-electron chi connectivity index (χ0n) is 15.6. The Morgan fingerprint density at radius 2 is 2.03 bits per heavy atom. The van der Waals surface area contributed by atoms with Gasteiger partial charge in [-0.2, -0.15) is 18.2 Å². The fraction of sp³-hybridized carbons (Fsp3) is 0.474. The summed E-state index contributed by atoms with van der Waals surface area (Å²) in [5, 5.41) is 6.32. The van der Waals surface area contributed by atoms with Gasteiger partial charge in [0.05, 0.1) is 6.04 Å². The fourth-order valence-corrected chi connectivity index (χ4v) is 4.10. The highest BCUT2D eigenvalue weighted by Crippen LogP contribution is 2.34. The SMILES string of the molecule is CC(=O)N[C@@H]1CCCC[C@H]1N1Cc2ccc(-c3noc(C(F)(F)F)n3)cc2C1=O. The van der Waals surface area contributed by atoms with Gasteiger partial charge < -0.3 is 14.7 Å². The zero-order valence-corrected chi connectivity index (χ0v) is 15.6. The van der Waals surface area contributed by atoms with E-state index in [9.17, 15) is 22.8 Å². The van der Waals surface area contributed by atoms with E-state index in [1.54, 1.807) is 17.0 Å². The largest absolute Gasteiger partial charge is 0.471 e. The third-order valence-corrected chi connectivity index (χ3v) is 5.39. The molecule has 1 aromatic carbocycles. The lowest BCUT2D eigenvalue weighted by Gasteiger charge is -2.38. The summed E-state index contributed by atoms with van der Waals surface area (Å²) in [4.78, 5) is 29.7. The van der Waals surface area contributed by atoms with E-state index in [1.807, 2.05) is 0 Å². The normalized spacial score (nSPS) is 21.9. The molecule has 2 heterocycles. The number of hydrogen-bond donors (Lipinski definition) is 1. The van der Waals surface area contributed by atoms with Crippen LogP contribution in [0, 0.1) is 0 Å². The number of rotatable bonds is 3. The number of halogens is 3. The summed E-state index contributed by atoms with van der Waals surface area (Å²) < 4.78 is 42.4. The Labute approximate surface area is 164 Å². The van der Waals surface area contributed by atoms with Crippen LogP contribution in [0.15, 0.2) is 22.7 Å². The molecular weight excluding hydrogens is 389 g/mol. The van der Waals surface area contributed by atoms with Crippen LogP contribution in [0.4, 0.5) is 13.2 Å². The predicted molar refractivity (Wildman–Crippen MR) is 94.5 cm³/mol. The fourth-order valence-electron chi connectivity index (χ4n) is 4.10. The topological polar surface area (TPSA) is 88.3 Å². The molecule has 2 amide bonds. The van der Waals surface area contributed by atoms with Gasteiger partial charge in [-0.25, -0.2) is 0 Å². The maximum atomic E-state index is 13.0. The van der Waals surface area contributed by atoms with Crippen molar-refractivity contribution < 1.29 is 27.3 Å². The highest BCUT2D eigenvalue weighted by atomic mass is 19.4. The smallest absolute Gasteiger partial charge is 0.352 e. The van der Waals surface area contributed by atoms with Crippen molar-refractivity contribution in [2.24, 2.45) is 0 Å². The van der Waals surface area contributed by atoms with E-state index >= 15 is 0 Å². The monoisotopic (exact) mass is 408 g/mol. The molecule has 0 radical (unpaired) electrons. The average Bonchev–Trinajstić information content (AvgIpc) is 3.27. The van der Waals surface area contributed by atoms with E-state index in [4.69, 9.17) is 0 Å². The van der Waals surface area contributed by atoms with Gasteiger partial charge in [0, 0.05) is 30.6 Å². The average molecular weight is 408 g/mol. The number of nitrogens with one attached hydrogen (secondary N) is 1. The Kier molecular flexibility index (Phi) is 4.79. The maximum Gasteiger partial charge on any atom is 0.471 e. The molecule has 1 saturated carbocycles. The number of benzene rings is 1. The molecule has 1 fully saturated rings. The van der Waals surface area contributed by atoms with Crippen LogP contribution in [0.3, 0.4) is 0 Å². The summed E-state index contributed by atoms with van der Waals surface area (Å²) in [6.07, 6.45) is -1.18. The van der Waals surface area contributed by atoms with E-state index in [2.05, 4.69) is 20.0 Å². The molecule has 1 aliphatic carbocycles. The van der Waals surface area contributed by atoms with Gasteiger partial charge in [0.2, 0.25) is 11.7 Å². The molecule has 4 rings (SSSR count). The number of hydrogen-bond acceptors (Lipinski definition) is 5. The Hall–Kier alpha value is -2.91. The summed E-state index contributed by atoms with van der Waals surface area (Å²) in [5.74, 6) is -1.99. The van der Waals surface area contributed by atoms with Crippen molar-refractivity contribution in [1.29, 1.82) is 0 Å². The highest BCUT2D eigenvalue weighted by Gasteiger charge is 2.40. The van der Waals surface area contributed by atoms with Crippen LogP contribution in [0.1, 0.15) is 54.4 Å². The van der Waals surface area contributed by atoms with Crippen LogP contribution in [-0.4, -0.2) is 38.9 Å². The van der Waals surface area contributed by atoms with E-state index < -0.39 is 12.1 Å². The molecule has 0 unspecified atom stereocenters. The number of aromatic nitrogens is 2. The van der Waals surface area contributed by atoms with Gasteiger partial charge in [0.1, 0.15) is 0 Å². The molecule has 2 aromatic rings. The van der Waals surface area contributed by atoms with E-state index in [0.717, 1.165) is 31.2 Å². The Balaban J connectivity index is 1.59. The molecule has 2 atom stereocenters. The minimum absolute atomic E-state index is 0.106. The second-order valence-electron chi connectivity index (χ2n) is 7.38. The van der Waals surface area contributed by atoms with Crippen molar-refractivity contribution in [3.8, 4) is 11.4 Å². The number of nitrogens with zero attached hydrogens (tertiary/aromatic N) is 3. The van der Waals surface area contributed by atoms with Gasteiger partial charge in [-0.15, -0.1) is 0 Å². The highest BCUT2D eigenvalue weighted by molar-refractivity contribution is 5.99. The number of fused-ring (bicyclic) bond motifs is 1. The summed E-state index contributed by atoms with van der Waals surface area (Å²) in [6, 6.07) is 4.55. The van der Waals surface area contributed by atoms with Gasteiger partial charge in [0.25, 0.3) is 5.91 Å². The van der Waals surface area contributed by atoms with Crippen molar-refractivity contribution >= 4 is 11.8 Å². The molecule has 29 heavy (non-hydrogen) atoms. The molecule has 10 heteroatoms. The third-order valence-electron chi connectivity index (χ3n) is 5.39. The molecule has 7 nitrogen and oxygen atoms in total. The van der Waals surface area contributed by atoms with Crippen LogP contribution < -0.4 is 5.32 Å². The number of carbonyl (C=O) groups excluding carboxylic acids is 2. The molecule has 154 valence electrons. The third kappa shape index (κ3) is 3.70. The van der Waals surface area contributed by atoms with Gasteiger partial charge in [-0.05, 0) is 24.5 Å². The molecule has 0 spiro atoms. The Morgan fingerprint density at radius 1 is 1.28 bits per heavy atom. The Bertz CT molecular complexity index is 956. The predicted octanol–water partition coefficient (Wildman–Crippen LogP) is 3.16. The standard InChI is InChI=1S/C19H19F3N4O3/c1-10(27)23-14-4-2-3-5-15(14)26-9-12-7-6-11(8-13(12)17(26)28)16-24-18(29-25-16)19(20,21)22/h6-8,14-15H,2-5,9H2,1H3,(H,23,27)/t14-,15-/m1/s1. The van der Waals surface area contributed by atoms with Crippen LogP contribution in [-0.2, 0) is 17.5 Å². The molecule has 2 aliphatic rings. The lowest BCUT2D eigenvalue weighted by atomic mass is 9.89. The van der Waals surface area contributed by atoms with E-state index in [0.29, 0.717) is 12.1 Å². The lowest BCUT2D eigenvalue weighted by molar-refractivity contribution is -0.159. The van der Waals surface area contributed by atoms with Gasteiger partial charge in [0.15, 0.2) is 0 Å². The molecule has 1 aliphatic heterocycles. The summed E-state index contributed by atoms with van der Waals surface area (Å²) >= 11 is 0. The second kappa shape index (κ2) is 7.16. The first kappa shape index (κ1) is 19.4. The van der Waals surface area contributed by atoms with E-state index in [1.165, 1.54) is 13.0 Å². The second-order valence-corrected chi connectivity index (χ2v) is 7.38. The number of carbonyl (C=O) groups is 2. The van der Waals surface area contributed by atoms with Crippen LogP contribution in [0.5, 0.6) is 0 Å². The van der Waals surface area contributed by atoms with Crippen LogP contribution in [0.25, 0.3) is 11.4 Å². The van der Waals surface area contributed by atoms with Crippen LogP contribution >= 0.6 is 0 Å². The van der Waals surface area contributed by atoms with Crippen molar-refractivity contribution in [3.63, 3.8) is 0 Å². The molecule has 1 aromatic heterocycles. The van der Waals surface area contributed by atoms with Gasteiger partial charge in [-0.3, -0.25) is 9.59 Å². The first-order chi connectivity index (χ1) is 13.7. The quantitative estimate of drug-likeness (QED) is 0.843. The van der Waals surface area contributed by atoms with Crippen molar-refractivity contribution in [3.05, 3.63) is 35.2 Å². The first-order valence-electron chi connectivity index (χ1n) is 9.36. The molecule has 1 N–H and O–H groups in total. The molecule has 0 saturated heterocycles. The maximum absolute atomic E-state index is 13.0. The number of alkyl halides is 3.